The fraction of sp³-hybridized carbons (Fsp3) is 0.500. The van der Waals surface area contributed by atoms with E-state index in [1.54, 1.807) is 0 Å². The predicted octanol–water partition coefficient (Wildman–Crippen LogP) is 2.24. The first kappa shape index (κ1) is 12.2. The predicted molar refractivity (Wildman–Crippen MR) is 67.9 cm³/mol. The molecule has 3 N–H and O–H groups in total. The summed E-state index contributed by atoms with van der Waals surface area (Å²) in [5.74, 6) is 0.470. The van der Waals surface area contributed by atoms with Crippen molar-refractivity contribution in [3.63, 3.8) is 0 Å². The van der Waals surface area contributed by atoms with E-state index in [0.717, 1.165) is 19.3 Å². The van der Waals surface area contributed by atoms with Gasteiger partial charge in [0.15, 0.2) is 0 Å². The van der Waals surface area contributed by atoms with Crippen molar-refractivity contribution in [2.24, 2.45) is 5.92 Å². The highest BCUT2D eigenvalue weighted by Crippen LogP contribution is 2.34. The lowest BCUT2D eigenvalue weighted by Crippen LogP contribution is -2.27. The molecule has 0 aliphatic heterocycles. The minimum atomic E-state index is -0.157. The average molecular weight is 254 g/mol. The number of carbonyl (C=O) groups is 1. The van der Waals surface area contributed by atoms with Gasteiger partial charge in [-0.1, -0.05) is 24.9 Å². The number of hydrogen-bond donors (Lipinski definition) is 2. The molecule has 2 atom stereocenters. The Morgan fingerprint density at radius 3 is 3.18 bits per heavy atom. The third-order valence-electron chi connectivity index (χ3n) is 3.04. The molecule has 1 aliphatic carbocycles. The Hall–Kier alpha value is -1.29. The molecule has 4 nitrogen and oxygen atoms in total. The monoisotopic (exact) mass is 253 g/mol. The van der Waals surface area contributed by atoms with Crippen LogP contribution in [0.3, 0.4) is 0 Å². The number of nitrogens with zero attached hydrogens (tertiary/aromatic N) is 1. The molecule has 0 aromatic carbocycles. The van der Waals surface area contributed by atoms with Gasteiger partial charge in [0, 0.05) is 6.04 Å². The molecule has 0 radical (unpaired) electrons. The highest BCUT2D eigenvalue weighted by atomic mass is 35.5. The molecule has 0 bridgehead atoms. The summed E-state index contributed by atoms with van der Waals surface area (Å²) in [6.07, 6.45) is 4.80. The summed E-state index contributed by atoms with van der Waals surface area (Å²) < 4.78 is 0. The van der Waals surface area contributed by atoms with Crippen molar-refractivity contribution < 1.29 is 4.79 Å². The zero-order valence-electron chi connectivity index (χ0n) is 9.74. The molecule has 2 unspecified atom stereocenters. The minimum Gasteiger partial charge on any atom is -0.397 e. The fourth-order valence-corrected chi connectivity index (χ4v) is 2.16. The molecule has 1 fully saturated rings. The Labute approximate surface area is 106 Å². The molecular weight excluding hydrogens is 238 g/mol. The van der Waals surface area contributed by atoms with Gasteiger partial charge in [-0.3, -0.25) is 4.79 Å². The second-order valence-corrected chi connectivity index (χ2v) is 4.85. The largest absolute Gasteiger partial charge is 0.397 e. The smallest absolute Gasteiger partial charge is 0.253 e. The third-order valence-corrected chi connectivity index (χ3v) is 3.25. The van der Waals surface area contributed by atoms with Crippen LogP contribution in [0.25, 0.3) is 0 Å². The van der Waals surface area contributed by atoms with Crippen LogP contribution in [0.4, 0.5) is 5.69 Å². The van der Waals surface area contributed by atoms with Gasteiger partial charge in [0.2, 0.25) is 0 Å². The first-order valence-electron chi connectivity index (χ1n) is 5.83. The quantitative estimate of drug-likeness (QED) is 0.809. The van der Waals surface area contributed by atoms with Gasteiger partial charge in [-0.25, -0.2) is 4.98 Å². The molecule has 2 rings (SSSR count). The zero-order valence-corrected chi connectivity index (χ0v) is 10.5. The summed E-state index contributed by atoms with van der Waals surface area (Å²) in [5, 5.41) is 3.25. The van der Waals surface area contributed by atoms with Crippen LogP contribution in [0.5, 0.6) is 0 Å². The lowest BCUT2D eigenvalue weighted by molar-refractivity contribution is 0.0949. The third kappa shape index (κ3) is 2.88. The van der Waals surface area contributed by atoms with E-state index in [-0.39, 0.29) is 11.1 Å². The Balaban J connectivity index is 1.98. The molecule has 1 amide bonds. The summed E-state index contributed by atoms with van der Waals surface area (Å²) in [5.41, 5.74) is 6.47. The Kier molecular flexibility index (Phi) is 3.52. The van der Waals surface area contributed by atoms with Crippen LogP contribution in [0.15, 0.2) is 12.3 Å². The topological polar surface area (TPSA) is 68.0 Å². The van der Waals surface area contributed by atoms with Gasteiger partial charge in [0.05, 0.1) is 17.4 Å². The number of aromatic nitrogens is 1. The van der Waals surface area contributed by atoms with Gasteiger partial charge >= 0.3 is 0 Å². The van der Waals surface area contributed by atoms with Crippen molar-refractivity contribution in [3.05, 3.63) is 23.0 Å². The van der Waals surface area contributed by atoms with Crippen LogP contribution in [-0.2, 0) is 0 Å². The number of rotatable bonds is 4. The van der Waals surface area contributed by atoms with Crippen LogP contribution < -0.4 is 11.1 Å². The highest BCUT2D eigenvalue weighted by molar-refractivity contribution is 6.29. The number of hydrogen-bond acceptors (Lipinski definition) is 3. The number of nitrogens with two attached hydrogens (primary N) is 1. The zero-order chi connectivity index (χ0) is 12.4. The van der Waals surface area contributed by atoms with Crippen molar-refractivity contribution in [1.29, 1.82) is 0 Å². The van der Waals surface area contributed by atoms with E-state index in [1.807, 2.05) is 0 Å². The molecule has 1 heterocycles. The molecule has 92 valence electrons. The van der Waals surface area contributed by atoms with Crippen molar-refractivity contribution in [2.45, 2.75) is 32.2 Å². The van der Waals surface area contributed by atoms with E-state index in [1.165, 1.54) is 12.3 Å². The average Bonchev–Trinajstić information content (AvgIpc) is 3.00. The van der Waals surface area contributed by atoms with Gasteiger partial charge in [0.25, 0.3) is 5.91 Å². The van der Waals surface area contributed by atoms with Crippen LogP contribution in [0, 0.1) is 5.92 Å². The number of amides is 1. The van der Waals surface area contributed by atoms with Crippen molar-refractivity contribution >= 4 is 23.2 Å². The number of halogens is 1. The Morgan fingerprint density at radius 1 is 1.71 bits per heavy atom. The minimum absolute atomic E-state index is 0.157. The molecule has 0 saturated heterocycles. The first-order chi connectivity index (χ1) is 8.11. The second kappa shape index (κ2) is 4.92. The van der Waals surface area contributed by atoms with Gasteiger partial charge in [-0.2, -0.15) is 0 Å². The molecule has 1 aliphatic rings. The van der Waals surface area contributed by atoms with Crippen LogP contribution in [0.1, 0.15) is 36.5 Å². The van der Waals surface area contributed by atoms with Crippen molar-refractivity contribution in [1.82, 2.24) is 10.3 Å². The van der Waals surface area contributed by atoms with Gasteiger partial charge in [-0.15, -0.1) is 0 Å². The normalized spacial score (nSPS) is 22.2. The molecule has 1 saturated carbocycles. The highest BCUT2D eigenvalue weighted by Gasteiger charge is 2.37. The Morgan fingerprint density at radius 2 is 2.47 bits per heavy atom. The van der Waals surface area contributed by atoms with Crippen molar-refractivity contribution in [3.8, 4) is 0 Å². The summed E-state index contributed by atoms with van der Waals surface area (Å²) in [6, 6.07) is 1.80. The number of pyridine rings is 1. The van der Waals surface area contributed by atoms with E-state index in [9.17, 15) is 4.79 Å². The molecule has 1 aromatic rings. The number of nitrogens with one attached hydrogen (secondary N) is 1. The Bertz CT molecular complexity index is 436. The summed E-state index contributed by atoms with van der Waals surface area (Å²) in [6.45, 7) is 2.15. The van der Waals surface area contributed by atoms with Crippen LogP contribution in [-0.4, -0.2) is 16.9 Å². The van der Waals surface area contributed by atoms with Gasteiger partial charge in [-0.05, 0) is 24.8 Å². The molecule has 5 heteroatoms. The number of anilines is 1. The van der Waals surface area contributed by atoms with E-state index in [4.69, 9.17) is 17.3 Å². The SMILES string of the molecule is CCCC1CC1NC(=O)c1cc(Cl)ncc1N. The van der Waals surface area contributed by atoms with E-state index in [0.29, 0.717) is 23.2 Å². The lowest BCUT2D eigenvalue weighted by Gasteiger charge is -2.07. The first-order valence-corrected chi connectivity index (χ1v) is 6.21. The second-order valence-electron chi connectivity index (χ2n) is 4.46. The lowest BCUT2D eigenvalue weighted by atomic mass is 10.2. The van der Waals surface area contributed by atoms with Gasteiger partial charge < -0.3 is 11.1 Å². The molecular formula is C12H16ClN3O. The van der Waals surface area contributed by atoms with Crippen molar-refractivity contribution in [2.75, 3.05) is 5.73 Å². The molecule has 1 aromatic heterocycles. The molecule has 17 heavy (non-hydrogen) atoms. The van der Waals surface area contributed by atoms with E-state index >= 15 is 0 Å². The fourth-order valence-electron chi connectivity index (χ4n) is 2.00. The maximum absolute atomic E-state index is 11.9. The number of carbonyl (C=O) groups excluding carboxylic acids is 1. The summed E-state index contributed by atoms with van der Waals surface area (Å²) >= 11 is 5.74. The van der Waals surface area contributed by atoms with Gasteiger partial charge in [0.1, 0.15) is 5.15 Å². The maximum atomic E-state index is 11.9. The van der Waals surface area contributed by atoms with Crippen LogP contribution in [0.2, 0.25) is 5.15 Å². The van der Waals surface area contributed by atoms with E-state index < -0.39 is 0 Å². The van der Waals surface area contributed by atoms with E-state index in [2.05, 4.69) is 17.2 Å². The maximum Gasteiger partial charge on any atom is 0.253 e. The number of nitrogen functional groups attached to an aromatic ring is 1. The molecule has 0 spiro atoms. The summed E-state index contributed by atoms with van der Waals surface area (Å²) in [4.78, 5) is 15.8. The standard InChI is InChI=1S/C12H16ClN3O/c1-2-3-7-4-10(7)16-12(17)8-5-11(13)15-6-9(8)14/h5-7,10H,2-4,14H2,1H3,(H,16,17). The summed E-state index contributed by atoms with van der Waals surface area (Å²) in [7, 11) is 0. The van der Waals surface area contributed by atoms with Crippen LogP contribution >= 0.6 is 11.6 Å².